The normalized spacial score (nSPS) is 11.1. The van der Waals surface area contributed by atoms with Gasteiger partial charge >= 0.3 is 5.97 Å². The monoisotopic (exact) mass is 345 g/mol. The lowest BCUT2D eigenvalue weighted by atomic mass is 10.2. The molecule has 5 nitrogen and oxygen atoms in total. The van der Waals surface area contributed by atoms with Gasteiger partial charge in [0.15, 0.2) is 17.5 Å². The third-order valence-electron chi connectivity index (χ3n) is 2.85. The van der Waals surface area contributed by atoms with Crippen molar-refractivity contribution in [2.75, 3.05) is 11.8 Å². The second-order valence-electron chi connectivity index (χ2n) is 4.35. The highest BCUT2D eigenvalue weighted by atomic mass is 32.2. The highest BCUT2D eigenvalue weighted by Crippen LogP contribution is 2.22. The zero-order valence-electron chi connectivity index (χ0n) is 11.6. The minimum atomic E-state index is -4.47. The van der Waals surface area contributed by atoms with E-state index in [-0.39, 0.29) is 11.3 Å². The van der Waals surface area contributed by atoms with E-state index in [1.807, 2.05) is 4.72 Å². The SMILES string of the molecule is COC(=O)c1ccc(NS(=O)(=O)c2ccc(F)c(F)c2F)cc1. The number of esters is 1. The van der Waals surface area contributed by atoms with Crippen LogP contribution in [0.15, 0.2) is 41.3 Å². The summed E-state index contributed by atoms with van der Waals surface area (Å²) in [5, 5.41) is 0. The Kier molecular flexibility index (Phi) is 4.60. The predicted molar refractivity (Wildman–Crippen MR) is 74.9 cm³/mol. The van der Waals surface area contributed by atoms with E-state index in [2.05, 4.69) is 4.74 Å². The van der Waals surface area contributed by atoms with Crippen molar-refractivity contribution in [1.29, 1.82) is 0 Å². The lowest BCUT2D eigenvalue weighted by molar-refractivity contribution is 0.0600. The number of methoxy groups -OCH3 is 1. The largest absolute Gasteiger partial charge is 0.465 e. The van der Waals surface area contributed by atoms with E-state index in [1.54, 1.807) is 0 Å². The molecule has 0 amide bonds. The van der Waals surface area contributed by atoms with Crippen LogP contribution in [-0.2, 0) is 14.8 Å². The van der Waals surface area contributed by atoms with Gasteiger partial charge in [-0.05, 0) is 36.4 Å². The first kappa shape index (κ1) is 16.8. The lowest BCUT2D eigenvalue weighted by Crippen LogP contribution is -2.16. The van der Waals surface area contributed by atoms with Crippen LogP contribution < -0.4 is 4.72 Å². The highest BCUT2D eigenvalue weighted by molar-refractivity contribution is 7.92. The van der Waals surface area contributed by atoms with E-state index in [4.69, 9.17) is 0 Å². The number of ether oxygens (including phenoxy) is 1. The van der Waals surface area contributed by atoms with Crippen LogP contribution in [0.1, 0.15) is 10.4 Å². The zero-order valence-corrected chi connectivity index (χ0v) is 12.5. The highest BCUT2D eigenvalue weighted by Gasteiger charge is 2.24. The van der Waals surface area contributed by atoms with E-state index < -0.39 is 38.3 Å². The van der Waals surface area contributed by atoms with Crippen LogP contribution in [0.3, 0.4) is 0 Å². The number of nitrogens with one attached hydrogen (secondary N) is 1. The molecule has 0 heterocycles. The fraction of sp³-hybridized carbons (Fsp3) is 0.0714. The number of halogens is 3. The second-order valence-corrected chi connectivity index (χ2v) is 6.00. The third-order valence-corrected chi connectivity index (χ3v) is 4.25. The Morgan fingerprint density at radius 2 is 1.61 bits per heavy atom. The number of carbonyl (C=O) groups is 1. The molecule has 1 N–H and O–H groups in total. The molecule has 0 radical (unpaired) electrons. The topological polar surface area (TPSA) is 72.5 Å². The summed E-state index contributed by atoms with van der Waals surface area (Å²) in [4.78, 5) is 10.2. The van der Waals surface area contributed by atoms with Gasteiger partial charge < -0.3 is 4.74 Å². The Morgan fingerprint density at radius 3 is 2.17 bits per heavy atom. The van der Waals surface area contributed by atoms with E-state index in [9.17, 15) is 26.4 Å². The van der Waals surface area contributed by atoms with Crippen LogP contribution >= 0.6 is 0 Å². The van der Waals surface area contributed by atoms with E-state index in [0.717, 1.165) is 0 Å². The third kappa shape index (κ3) is 3.45. The number of hydrogen-bond acceptors (Lipinski definition) is 4. The summed E-state index contributed by atoms with van der Waals surface area (Å²) < 4.78 is 70.1. The molecular formula is C14H10F3NO4S. The fourth-order valence-electron chi connectivity index (χ4n) is 1.72. The smallest absolute Gasteiger partial charge is 0.337 e. The molecule has 23 heavy (non-hydrogen) atoms. The molecule has 0 fully saturated rings. The maximum atomic E-state index is 13.6. The van der Waals surface area contributed by atoms with Gasteiger partial charge in [0.05, 0.1) is 12.7 Å². The number of rotatable bonds is 4. The van der Waals surface area contributed by atoms with Crippen molar-refractivity contribution in [3.8, 4) is 0 Å². The van der Waals surface area contributed by atoms with Gasteiger partial charge in [-0.25, -0.2) is 26.4 Å². The van der Waals surface area contributed by atoms with Crippen molar-refractivity contribution >= 4 is 21.7 Å². The Balaban J connectivity index is 2.32. The van der Waals surface area contributed by atoms with Gasteiger partial charge in [0.1, 0.15) is 4.90 Å². The average molecular weight is 345 g/mol. The minimum Gasteiger partial charge on any atom is -0.465 e. The first-order valence-electron chi connectivity index (χ1n) is 6.11. The first-order chi connectivity index (χ1) is 10.8. The number of sulfonamides is 1. The van der Waals surface area contributed by atoms with Gasteiger partial charge in [0.25, 0.3) is 10.0 Å². The van der Waals surface area contributed by atoms with Crippen LogP contribution in [0.25, 0.3) is 0 Å². The summed E-state index contributed by atoms with van der Waals surface area (Å²) >= 11 is 0. The van der Waals surface area contributed by atoms with Gasteiger partial charge in [0, 0.05) is 5.69 Å². The molecule has 122 valence electrons. The summed E-state index contributed by atoms with van der Waals surface area (Å²) in [5.41, 5.74) is 0.177. The van der Waals surface area contributed by atoms with Crippen LogP contribution in [0.2, 0.25) is 0 Å². The van der Waals surface area contributed by atoms with Crippen LogP contribution in [0.4, 0.5) is 18.9 Å². The zero-order chi connectivity index (χ0) is 17.2. The van der Waals surface area contributed by atoms with Crippen molar-refractivity contribution < 1.29 is 31.1 Å². The molecular weight excluding hydrogens is 335 g/mol. The molecule has 2 aromatic rings. The molecule has 2 rings (SSSR count). The van der Waals surface area contributed by atoms with E-state index in [1.165, 1.54) is 31.4 Å². The van der Waals surface area contributed by atoms with Crippen molar-refractivity contribution in [3.05, 3.63) is 59.4 Å². The molecule has 0 aliphatic rings. The van der Waals surface area contributed by atoms with E-state index >= 15 is 0 Å². The molecule has 2 aromatic carbocycles. The van der Waals surface area contributed by atoms with Gasteiger partial charge in [-0.15, -0.1) is 0 Å². The van der Waals surface area contributed by atoms with Crippen molar-refractivity contribution in [3.63, 3.8) is 0 Å². The molecule has 0 aliphatic carbocycles. The first-order valence-corrected chi connectivity index (χ1v) is 7.59. The standard InChI is InChI=1S/C14H10F3NO4S/c1-22-14(19)8-2-4-9(5-3-8)18-23(20,21)11-7-6-10(15)12(16)13(11)17/h2-7,18H,1H3. The Hall–Kier alpha value is -2.55. The van der Waals surface area contributed by atoms with Crippen molar-refractivity contribution in [2.24, 2.45) is 0 Å². The molecule has 0 unspecified atom stereocenters. The summed E-state index contributed by atoms with van der Waals surface area (Å²) in [6.45, 7) is 0. The van der Waals surface area contributed by atoms with Crippen molar-refractivity contribution in [2.45, 2.75) is 4.90 Å². The van der Waals surface area contributed by atoms with Gasteiger partial charge in [-0.3, -0.25) is 4.72 Å². The molecule has 9 heteroatoms. The Morgan fingerprint density at radius 1 is 1.00 bits per heavy atom. The summed E-state index contributed by atoms with van der Waals surface area (Å²) in [6, 6.07) is 6.16. The molecule has 0 aromatic heterocycles. The van der Waals surface area contributed by atoms with E-state index in [0.29, 0.717) is 12.1 Å². The summed E-state index contributed by atoms with van der Waals surface area (Å²) in [5.74, 6) is -5.81. The maximum absolute atomic E-state index is 13.6. The van der Waals surface area contributed by atoms with Gasteiger partial charge in [-0.2, -0.15) is 0 Å². The summed E-state index contributed by atoms with van der Waals surface area (Å²) in [6.07, 6.45) is 0. The van der Waals surface area contributed by atoms with Gasteiger partial charge in [-0.1, -0.05) is 0 Å². The predicted octanol–water partition coefficient (Wildman–Crippen LogP) is 2.69. The molecule has 0 aliphatic heterocycles. The lowest BCUT2D eigenvalue weighted by Gasteiger charge is -2.10. The minimum absolute atomic E-state index is 0.00165. The Labute approximate surface area is 129 Å². The summed E-state index contributed by atoms with van der Waals surface area (Å²) in [7, 11) is -3.28. The molecule has 0 bridgehead atoms. The quantitative estimate of drug-likeness (QED) is 0.683. The number of hydrogen-bond donors (Lipinski definition) is 1. The number of carbonyl (C=O) groups excluding carboxylic acids is 1. The maximum Gasteiger partial charge on any atom is 0.337 e. The van der Waals surface area contributed by atoms with Crippen LogP contribution in [0.5, 0.6) is 0 Å². The molecule has 0 saturated heterocycles. The van der Waals surface area contributed by atoms with Crippen molar-refractivity contribution in [1.82, 2.24) is 0 Å². The fourth-order valence-corrected chi connectivity index (χ4v) is 2.85. The molecule has 0 atom stereocenters. The number of anilines is 1. The molecule has 0 spiro atoms. The number of benzene rings is 2. The van der Waals surface area contributed by atoms with Gasteiger partial charge in [0.2, 0.25) is 0 Å². The Bertz CT molecular complexity index is 851. The van der Waals surface area contributed by atoms with Crippen LogP contribution in [0, 0.1) is 17.5 Å². The second kappa shape index (κ2) is 6.29. The van der Waals surface area contributed by atoms with Crippen LogP contribution in [-0.4, -0.2) is 21.5 Å². The molecule has 0 saturated carbocycles. The average Bonchev–Trinajstić information content (AvgIpc) is 2.52.